The second-order valence-corrected chi connectivity index (χ2v) is 11.5. The summed E-state index contributed by atoms with van der Waals surface area (Å²) in [7, 11) is 2.15. The smallest absolute Gasteiger partial charge is 0.0495 e. The molecule has 8 aromatic rings. The highest BCUT2D eigenvalue weighted by molar-refractivity contribution is 6.14. The van der Waals surface area contributed by atoms with E-state index in [1.54, 1.807) is 0 Å². The minimum absolute atomic E-state index is 1.12. The molecule has 0 N–H and O–H groups in total. The van der Waals surface area contributed by atoms with Crippen molar-refractivity contribution in [2.24, 2.45) is 7.05 Å². The van der Waals surface area contributed by atoms with Crippen LogP contribution in [0.3, 0.4) is 0 Å². The van der Waals surface area contributed by atoms with Crippen molar-refractivity contribution in [2.75, 3.05) is 4.90 Å². The quantitative estimate of drug-likeness (QED) is 0.191. The Kier molecular flexibility index (Phi) is 6.73. The first-order valence-corrected chi connectivity index (χ1v) is 15.4. The summed E-state index contributed by atoms with van der Waals surface area (Å²) in [6, 6.07) is 63.1. The topological polar surface area (TPSA) is 8.17 Å². The summed E-state index contributed by atoms with van der Waals surface area (Å²) in [5.74, 6) is 0. The normalized spacial score (nSPS) is 11.2. The molecule has 0 atom stereocenters. The van der Waals surface area contributed by atoms with Gasteiger partial charge in [-0.1, -0.05) is 127 Å². The van der Waals surface area contributed by atoms with E-state index in [1.807, 2.05) is 0 Å². The molecule has 0 radical (unpaired) electrons. The van der Waals surface area contributed by atoms with E-state index in [4.69, 9.17) is 0 Å². The lowest BCUT2D eigenvalue weighted by molar-refractivity contribution is 1.01. The van der Waals surface area contributed by atoms with Crippen LogP contribution in [0.5, 0.6) is 0 Å². The Hall–Kier alpha value is -5.86. The number of rotatable bonds is 6. The van der Waals surface area contributed by atoms with E-state index < -0.39 is 0 Å². The molecule has 0 saturated carbocycles. The molecule has 8 rings (SSSR count). The van der Waals surface area contributed by atoms with Crippen molar-refractivity contribution >= 4 is 38.9 Å². The van der Waals surface area contributed by atoms with Crippen molar-refractivity contribution in [1.29, 1.82) is 0 Å². The molecule has 1 heterocycles. The average molecular weight is 577 g/mol. The van der Waals surface area contributed by atoms with Crippen molar-refractivity contribution in [1.82, 2.24) is 4.57 Å². The second kappa shape index (κ2) is 11.3. The number of aryl methyl sites for hydroxylation is 1. The average Bonchev–Trinajstić information content (AvgIpc) is 3.41. The first-order valence-electron chi connectivity index (χ1n) is 15.4. The fourth-order valence-corrected chi connectivity index (χ4v) is 6.58. The van der Waals surface area contributed by atoms with Gasteiger partial charge in [0.25, 0.3) is 0 Å². The van der Waals surface area contributed by atoms with Crippen LogP contribution in [0, 0.1) is 0 Å². The first-order chi connectivity index (χ1) is 22.2. The Balaban J connectivity index is 1.14. The van der Waals surface area contributed by atoms with Crippen LogP contribution in [-0.2, 0) is 7.05 Å². The Morgan fingerprint density at radius 2 is 0.889 bits per heavy atom. The zero-order valence-corrected chi connectivity index (χ0v) is 25.1. The van der Waals surface area contributed by atoms with Crippen molar-refractivity contribution in [2.45, 2.75) is 0 Å². The van der Waals surface area contributed by atoms with Crippen LogP contribution in [-0.4, -0.2) is 4.57 Å². The largest absolute Gasteiger partial charge is 0.344 e. The number of anilines is 3. The lowest BCUT2D eigenvalue weighted by Crippen LogP contribution is -2.09. The van der Waals surface area contributed by atoms with Gasteiger partial charge in [-0.15, -0.1) is 0 Å². The molecule has 1 aromatic heterocycles. The van der Waals surface area contributed by atoms with Crippen LogP contribution in [0.4, 0.5) is 17.1 Å². The molecule has 0 bridgehead atoms. The monoisotopic (exact) mass is 576 g/mol. The maximum atomic E-state index is 2.32. The Morgan fingerprint density at radius 1 is 0.378 bits per heavy atom. The number of nitrogens with zero attached hydrogens (tertiary/aromatic N) is 2. The first kappa shape index (κ1) is 26.7. The van der Waals surface area contributed by atoms with Crippen LogP contribution in [0.15, 0.2) is 176 Å². The molecule has 0 fully saturated rings. The fraction of sp³-hybridized carbons (Fsp3) is 0.0233. The van der Waals surface area contributed by atoms with Gasteiger partial charge in [0.1, 0.15) is 0 Å². The number of hydrogen-bond donors (Lipinski definition) is 0. The van der Waals surface area contributed by atoms with E-state index in [2.05, 4.69) is 192 Å². The minimum atomic E-state index is 1.12. The zero-order chi connectivity index (χ0) is 30.2. The number of fused-ring (bicyclic) bond motifs is 3. The van der Waals surface area contributed by atoms with E-state index in [0.29, 0.717) is 0 Å². The Bertz CT molecular complexity index is 2250. The summed E-state index contributed by atoms with van der Waals surface area (Å²) in [6.07, 6.45) is 0. The highest BCUT2D eigenvalue weighted by atomic mass is 15.1. The molecule has 0 amide bonds. The highest BCUT2D eigenvalue weighted by Crippen LogP contribution is 2.39. The van der Waals surface area contributed by atoms with Crippen molar-refractivity contribution < 1.29 is 0 Å². The maximum Gasteiger partial charge on any atom is 0.0495 e. The standard InChI is InChI=1S/C43H32N2/c1-44-41-20-9-8-18-40(41)43-39(19-11-21-42(43)44)34-24-22-32(23-25-34)33-26-28-37(29-27-33)45(36-15-6-3-7-16-36)38-17-10-14-35(30-38)31-12-4-2-5-13-31/h2-30H,1H3. The van der Waals surface area contributed by atoms with E-state index in [1.165, 1.54) is 55.2 Å². The molecule has 214 valence electrons. The summed E-state index contributed by atoms with van der Waals surface area (Å²) in [5, 5.41) is 2.60. The summed E-state index contributed by atoms with van der Waals surface area (Å²) in [6.45, 7) is 0. The Morgan fingerprint density at radius 3 is 1.64 bits per heavy atom. The number of hydrogen-bond acceptors (Lipinski definition) is 1. The summed E-state index contributed by atoms with van der Waals surface area (Å²) in [5.41, 5.74) is 13.2. The summed E-state index contributed by atoms with van der Waals surface area (Å²) >= 11 is 0. The van der Waals surface area contributed by atoms with Crippen LogP contribution >= 0.6 is 0 Å². The predicted octanol–water partition coefficient (Wildman–Crippen LogP) is 11.8. The van der Waals surface area contributed by atoms with E-state index in [0.717, 1.165) is 17.1 Å². The summed E-state index contributed by atoms with van der Waals surface area (Å²) in [4.78, 5) is 2.32. The van der Waals surface area contributed by atoms with Gasteiger partial charge in [0.15, 0.2) is 0 Å². The van der Waals surface area contributed by atoms with Gasteiger partial charge in [-0.3, -0.25) is 0 Å². The van der Waals surface area contributed by atoms with Gasteiger partial charge in [0.2, 0.25) is 0 Å². The van der Waals surface area contributed by atoms with Gasteiger partial charge >= 0.3 is 0 Å². The molecule has 7 aromatic carbocycles. The van der Waals surface area contributed by atoms with Crippen LogP contribution in [0.2, 0.25) is 0 Å². The molecule has 0 spiro atoms. The zero-order valence-electron chi connectivity index (χ0n) is 25.1. The van der Waals surface area contributed by atoms with E-state index in [-0.39, 0.29) is 0 Å². The minimum Gasteiger partial charge on any atom is -0.344 e. The molecule has 0 aliphatic heterocycles. The van der Waals surface area contributed by atoms with Gasteiger partial charge in [-0.05, 0) is 81.9 Å². The van der Waals surface area contributed by atoms with Gasteiger partial charge in [-0.25, -0.2) is 0 Å². The second-order valence-electron chi connectivity index (χ2n) is 11.5. The SMILES string of the molecule is Cn1c2ccccc2c2c(-c3ccc(-c4ccc(N(c5ccccc5)c5cccc(-c6ccccc6)c5)cc4)cc3)cccc21. The van der Waals surface area contributed by atoms with Crippen molar-refractivity contribution in [3.05, 3.63) is 176 Å². The van der Waals surface area contributed by atoms with Crippen molar-refractivity contribution in [3.8, 4) is 33.4 Å². The third-order valence-electron chi connectivity index (χ3n) is 8.82. The highest BCUT2D eigenvalue weighted by Gasteiger charge is 2.15. The summed E-state index contributed by atoms with van der Waals surface area (Å²) < 4.78 is 2.29. The molecule has 0 unspecified atom stereocenters. The van der Waals surface area contributed by atoms with Gasteiger partial charge in [-0.2, -0.15) is 0 Å². The third-order valence-corrected chi connectivity index (χ3v) is 8.82. The van der Waals surface area contributed by atoms with Crippen LogP contribution in [0.1, 0.15) is 0 Å². The molecule has 2 nitrogen and oxygen atoms in total. The molecule has 0 saturated heterocycles. The molecule has 2 heteroatoms. The van der Waals surface area contributed by atoms with Crippen LogP contribution < -0.4 is 4.90 Å². The molecule has 0 aliphatic carbocycles. The fourth-order valence-electron chi connectivity index (χ4n) is 6.58. The third kappa shape index (κ3) is 4.87. The molecule has 45 heavy (non-hydrogen) atoms. The van der Waals surface area contributed by atoms with E-state index in [9.17, 15) is 0 Å². The van der Waals surface area contributed by atoms with Gasteiger partial charge < -0.3 is 9.47 Å². The predicted molar refractivity (Wildman–Crippen MR) is 191 cm³/mol. The van der Waals surface area contributed by atoms with Crippen LogP contribution in [0.25, 0.3) is 55.2 Å². The Labute approximate surface area is 264 Å². The number of benzene rings is 7. The number of para-hydroxylation sites is 2. The molecular weight excluding hydrogens is 544 g/mol. The molecular formula is C43H32N2. The lowest BCUT2D eigenvalue weighted by atomic mass is 9.97. The van der Waals surface area contributed by atoms with Gasteiger partial charge in [0, 0.05) is 45.9 Å². The van der Waals surface area contributed by atoms with Gasteiger partial charge in [0.05, 0.1) is 0 Å². The maximum absolute atomic E-state index is 2.32. The molecule has 0 aliphatic rings. The van der Waals surface area contributed by atoms with E-state index >= 15 is 0 Å². The van der Waals surface area contributed by atoms with Crippen molar-refractivity contribution in [3.63, 3.8) is 0 Å². The number of aromatic nitrogens is 1. The lowest BCUT2D eigenvalue weighted by Gasteiger charge is -2.26.